The largest absolute Gasteiger partial charge is 0.296 e. The van der Waals surface area contributed by atoms with E-state index in [-0.39, 0.29) is 17.7 Å². The highest BCUT2D eigenvalue weighted by Gasteiger charge is 2.27. The molecule has 0 radical (unpaired) electrons. The Kier molecular flexibility index (Phi) is 7.07. The average Bonchev–Trinajstić information content (AvgIpc) is 2.63. The van der Waals surface area contributed by atoms with E-state index in [0.29, 0.717) is 12.8 Å². The first-order valence-electron chi connectivity index (χ1n) is 8.33. The summed E-state index contributed by atoms with van der Waals surface area (Å²) in [5.41, 5.74) is 2.27. The lowest BCUT2D eigenvalue weighted by atomic mass is 9.91. The van der Waals surface area contributed by atoms with Crippen LogP contribution in [0.25, 0.3) is 0 Å². The molecule has 0 aliphatic carbocycles. The number of hydrogen-bond acceptors (Lipinski definition) is 3. The number of carbonyl (C=O) groups is 2. The number of hydrogen-bond donors (Lipinski definition) is 1. The second-order valence-electron chi connectivity index (χ2n) is 5.35. The van der Waals surface area contributed by atoms with Gasteiger partial charge in [0.05, 0.1) is 5.92 Å². The lowest BCUT2D eigenvalue weighted by molar-refractivity contribution is -0.134. The fraction of sp³-hybridized carbons (Fsp3) is 0.300. The molecule has 0 spiro atoms. The van der Waals surface area contributed by atoms with Gasteiger partial charge in [-0.2, -0.15) is 0 Å². The van der Waals surface area contributed by atoms with Gasteiger partial charge in [0.25, 0.3) is 0 Å². The Morgan fingerprint density at radius 1 is 1.00 bits per heavy atom. The summed E-state index contributed by atoms with van der Waals surface area (Å²) in [5, 5.41) is 2.41. The third-order valence-electron chi connectivity index (χ3n) is 3.77. The van der Waals surface area contributed by atoms with E-state index < -0.39 is 0 Å². The molecule has 1 unspecified atom stereocenters. The van der Waals surface area contributed by atoms with Crippen molar-refractivity contribution in [3.63, 3.8) is 0 Å². The lowest BCUT2D eigenvalue weighted by Crippen LogP contribution is -2.39. The van der Waals surface area contributed by atoms with Crippen LogP contribution in [0.3, 0.4) is 0 Å². The van der Waals surface area contributed by atoms with Crippen molar-refractivity contribution in [3.8, 4) is 0 Å². The third-order valence-corrected chi connectivity index (χ3v) is 4.85. The maximum absolute atomic E-state index is 11.9. The molecule has 2 amide bonds. The number of piperidine rings is 1. The summed E-state index contributed by atoms with van der Waals surface area (Å²) in [6.45, 7) is 4.00. The van der Waals surface area contributed by atoms with Crippen LogP contribution >= 0.6 is 11.8 Å². The SMILES string of the molecule is CC.O=C1CCC(c2ccc(SCc3ccccc3)cc2)C(=O)N1. The standard InChI is InChI=1S/C18H17NO2S.C2H6/c20-17-11-10-16(18(21)19-17)14-6-8-15(9-7-14)22-12-13-4-2-1-3-5-13;1-2/h1-9,16H,10-12H2,(H,19,20,21);1-2H3. The molecule has 3 nitrogen and oxygen atoms in total. The summed E-state index contributed by atoms with van der Waals surface area (Å²) in [5.74, 6) is 0.376. The fourth-order valence-corrected chi connectivity index (χ4v) is 3.40. The Balaban J connectivity index is 0.00000100. The van der Waals surface area contributed by atoms with Crippen LogP contribution in [0.4, 0.5) is 0 Å². The van der Waals surface area contributed by atoms with Crippen molar-refractivity contribution in [3.05, 3.63) is 65.7 Å². The van der Waals surface area contributed by atoms with Crippen molar-refractivity contribution in [2.45, 2.75) is 43.3 Å². The average molecular weight is 341 g/mol. The Morgan fingerprint density at radius 2 is 1.67 bits per heavy atom. The first-order valence-corrected chi connectivity index (χ1v) is 9.31. The number of benzene rings is 2. The number of thioether (sulfide) groups is 1. The highest BCUT2D eigenvalue weighted by atomic mass is 32.2. The van der Waals surface area contributed by atoms with Gasteiger partial charge in [0.1, 0.15) is 0 Å². The number of amides is 2. The van der Waals surface area contributed by atoms with Gasteiger partial charge in [-0.25, -0.2) is 0 Å². The van der Waals surface area contributed by atoms with Gasteiger partial charge in [0.2, 0.25) is 11.8 Å². The van der Waals surface area contributed by atoms with Crippen LogP contribution in [0, 0.1) is 0 Å². The summed E-state index contributed by atoms with van der Waals surface area (Å²) in [4.78, 5) is 24.2. The molecule has 0 saturated carbocycles. The maximum atomic E-state index is 11.9. The predicted molar refractivity (Wildman–Crippen MR) is 98.9 cm³/mol. The molecule has 2 aromatic carbocycles. The Hall–Kier alpha value is -2.07. The van der Waals surface area contributed by atoms with E-state index in [1.807, 2.05) is 56.3 Å². The zero-order chi connectivity index (χ0) is 17.4. The fourth-order valence-electron chi connectivity index (χ4n) is 2.55. The lowest BCUT2D eigenvalue weighted by Gasteiger charge is -2.21. The van der Waals surface area contributed by atoms with Crippen molar-refractivity contribution in [1.29, 1.82) is 0 Å². The van der Waals surface area contributed by atoms with E-state index in [1.165, 1.54) is 10.5 Å². The molecule has 1 fully saturated rings. The van der Waals surface area contributed by atoms with E-state index in [4.69, 9.17) is 0 Å². The molecule has 1 heterocycles. The number of rotatable bonds is 4. The molecule has 126 valence electrons. The second-order valence-corrected chi connectivity index (χ2v) is 6.40. The highest BCUT2D eigenvalue weighted by Crippen LogP contribution is 2.28. The molecule has 1 atom stereocenters. The first kappa shape index (κ1) is 18.3. The van der Waals surface area contributed by atoms with Crippen molar-refractivity contribution in [2.75, 3.05) is 0 Å². The van der Waals surface area contributed by atoms with Crippen LogP contribution in [0.15, 0.2) is 59.5 Å². The van der Waals surface area contributed by atoms with E-state index >= 15 is 0 Å². The molecule has 2 aromatic rings. The van der Waals surface area contributed by atoms with Gasteiger partial charge in [0.15, 0.2) is 0 Å². The summed E-state index contributed by atoms with van der Waals surface area (Å²) in [6, 6.07) is 18.4. The molecule has 1 aliphatic rings. The normalized spacial score (nSPS) is 16.8. The van der Waals surface area contributed by atoms with E-state index in [2.05, 4.69) is 17.4 Å². The van der Waals surface area contributed by atoms with Crippen molar-refractivity contribution in [1.82, 2.24) is 5.32 Å². The van der Waals surface area contributed by atoms with Crippen LogP contribution in [-0.2, 0) is 15.3 Å². The molecule has 1 aliphatic heterocycles. The molecule has 0 aromatic heterocycles. The second kappa shape index (κ2) is 9.28. The predicted octanol–water partition coefficient (Wildman–Crippen LogP) is 4.53. The number of nitrogens with one attached hydrogen (secondary N) is 1. The molecule has 1 N–H and O–H groups in total. The monoisotopic (exact) mass is 341 g/mol. The topological polar surface area (TPSA) is 46.2 Å². The van der Waals surface area contributed by atoms with Crippen LogP contribution in [0.1, 0.15) is 43.7 Å². The Labute approximate surface area is 147 Å². The summed E-state index contributed by atoms with van der Waals surface area (Å²) in [6.07, 6.45) is 1.02. The Morgan fingerprint density at radius 3 is 2.29 bits per heavy atom. The molecule has 24 heavy (non-hydrogen) atoms. The number of carbonyl (C=O) groups excluding carboxylic acids is 2. The highest BCUT2D eigenvalue weighted by molar-refractivity contribution is 7.98. The van der Waals surface area contributed by atoms with Gasteiger partial charge < -0.3 is 0 Å². The third kappa shape index (κ3) is 4.96. The molecular formula is C20H23NO2S. The van der Waals surface area contributed by atoms with E-state index in [1.54, 1.807) is 11.8 Å². The van der Waals surface area contributed by atoms with Crippen LogP contribution in [0.2, 0.25) is 0 Å². The minimum atomic E-state index is -0.203. The van der Waals surface area contributed by atoms with Gasteiger partial charge in [-0.3, -0.25) is 14.9 Å². The molecule has 0 bridgehead atoms. The molecule has 4 heteroatoms. The van der Waals surface area contributed by atoms with Crippen LogP contribution < -0.4 is 5.32 Å². The van der Waals surface area contributed by atoms with Crippen molar-refractivity contribution >= 4 is 23.6 Å². The minimum Gasteiger partial charge on any atom is -0.296 e. The van der Waals surface area contributed by atoms with Crippen LogP contribution in [-0.4, -0.2) is 11.8 Å². The molecule has 1 saturated heterocycles. The van der Waals surface area contributed by atoms with Gasteiger partial charge in [-0.05, 0) is 29.7 Å². The minimum absolute atomic E-state index is 0.170. The van der Waals surface area contributed by atoms with E-state index in [9.17, 15) is 9.59 Å². The smallest absolute Gasteiger partial charge is 0.234 e. The van der Waals surface area contributed by atoms with E-state index in [0.717, 1.165) is 11.3 Å². The van der Waals surface area contributed by atoms with Crippen molar-refractivity contribution < 1.29 is 9.59 Å². The zero-order valence-electron chi connectivity index (χ0n) is 14.1. The summed E-state index contributed by atoms with van der Waals surface area (Å²) in [7, 11) is 0. The maximum Gasteiger partial charge on any atom is 0.234 e. The van der Waals surface area contributed by atoms with Gasteiger partial charge in [-0.15, -0.1) is 11.8 Å². The molecular weight excluding hydrogens is 318 g/mol. The molecule has 3 rings (SSSR count). The first-order chi connectivity index (χ1) is 11.7. The van der Waals surface area contributed by atoms with Gasteiger partial charge >= 0.3 is 0 Å². The quantitative estimate of drug-likeness (QED) is 0.657. The number of imide groups is 1. The zero-order valence-corrected chi connectivity index (χ0v) is 14.9. The van der Waals surface area contributed by atoms with Gasteiger partial charge in [-0.1, -0.05) is 56.3 Å². The Bertz CT molecular complexity index is 668. The van der Waals surface area contributed by atoms with Gasteiger partial charge in [0, 0.05) is 17.1 Å². The van der Waals surface area contributed by atoms with Crippen LogP contribution in [0.5, 0.6) is 0 Å². The summed E-state index contributed by atoms with van der Waals surface area (Å²) >= 11 is 1.78. The summed E-state index contributed by atoms with van der Waals surface area (Å²) < 4.78 is 0. The van der Waals surface area contributed by atoms with Crippen molar-refractivity contribution in [2.24, 2.45) is 0 Å².